The number of rotatable bonds is 5. The van der Waals surface area contributed by atoms with Crippen molar-refractivity contribution in [2.75, 3.05) is 0 Å². The molecule has 0 fully saturated rings. The second-order valence-electron chi connectivity index (χ2n) is 4.63. The molecule has 1 aromatic carbocycles. The van der Waals surface area contributed by atoms with Crippen LogP contribution in [0, 0.1) is 5.82 Å². The molecule has 0 unspecified atom stereocenters. The SMILES string of the molecule is CC(C)NCc1ncn(Cc2ccc(Br)cc2F)n1. The van der Waals surface area contributed by atoms with Gasteiger partial charge in [-0.05, 0) is 12.1 Å². The van der Waals surface area contributed by atoms with Crippen molar-refractivity contribution < 1.29 is 4.39 Å². The predicted molar refractivity (Wildman–Crippen MR) is 75.2 cm³/mol. The molecular weight excluding hydrogens is 311 g/mol. The predicted octanol–water partition coefficient (Wildman–Crippen LogP) is 2.73. The molecule has 1 aromatic heterocycles. The van der Waals surface area contributed by atoms with Crippen molar-refractivity contribution in [1.29, 1.82) is 0 Å². The molecule has 0 aliphatic heterocycles. The van der Waals surface area contributed by atoms with Crippen LogP contribution in [0.2, 0.25) is 0 Å². The summed E-state index contributed by atoms with van der Waals surface area (Å²) >= 11 is 3.24. The van der Waals surface area contributed by atoms with Crippen molar-refractivity contribution >= 4 is 15.9 Å². The summed E-state index contributed by atoms with van der Waals surface area (Å²) in [4.78, 5) is 4.19. The Bertz CT molecular complexity index is 553. The maximum absolute atomic E-state index is 13.7. The fourth-order valence-corrected chi connectivity index (χ4v) is 1.94. The van der Waals surface area contributed by atoms with Gasteiger partial charge < -0.3 is 5.32 Å². The van der Waals surface area contributed by atoms with Crippen molar-refractivity contribution in [3.8, 4) is 0 Å². The van der Waals surface area contributed by atoms with Gasteiger partial charge >= 0.3 is 0 Å². The summed E-state index contributed by atoms with van der Waals surface area (Å²) in [7, 11) is 0. The van der Waals surface area contributed by atoms with Crippen LogP contribution in [-0.4, -0.2) is 20.8 Å². The van der Waals surface area contributed by atoms with Gasteiger partial charge in [-0.3, -0.25) is 0 Å². The molecule has 1 N–H and O–H groups in total. The van der Waals surface area contributed by atoms with Crippen molar-refractivity contribution in [1.82, 2.24) is 20.1 Å². The average molecular weight is 327 g/mol. The third-order valence-corrected chi connectivity index (χ3v) is 3.09. The molecule has 2 aromatic rings. The van der Waals surface area contributed by atoms with Crippen molar-refractivity contribution in [3.63, 3.8) is 0 Å². The topological polar surface area (TPSA) is 42.7 Å². The van der Waals surface area contributed by atoms with Gasteiger partial charge in [0.15, 0.2) is 5.82 Å². The first-order valence-corrected chi connectivity index (χ1v) is 6.89. The lowest BCUT2D eigenvalue weighted by Crippen LogP contribution is -2.22. The summed E-state index contributed by atoms with van der Waals surface area (Å²) in [5.74, 6) is 0.470. The van der Waals surface area contributed by atoms with Gasteiger partial charge in [-0.25, -0.2) is 14.1 Å². The van der Waals surface area contributed by atoms with Crippen LogP contribution in [0.1, 0.15) is 25.2 Å². The van der Waals surface area contributed by atoms with Crippen molar-refractivity contribution in [3.05, 3.63) is 46.2 Å². The van der Waals surface area contributed by atoms with Gasteiger partial charge in [0, 0.05) is 16.1 Å². The number of aromatic nitrogens is 3. The number of hydrogen-bond donors (Lipinski definition) is 1. The largest absolute Gasteiger partial charge is 0.308 e. The zero-order valence-corrected chi connectivity index (χ0v) is 12.5. The van der Waals surface area contributed by atoms with E-state index >= 15 is 0 Å². The van der Waals surface area contributed by atoms with Crippen molar-refractivity contribution in [2.45, 2.75) is 33.0 Å². The number of nitrogens with one attached hydrogen (secondary N) is 1. The van der Waals surface area contributed by atoms with Crippen LogP contribution in [0.25, 0.3) is 0 Å². The van der Waals surface area contributed by atoms with E-state index in [-0.39, 0.29) is 5.82 Å². The van der Waals surface area contributed by atoms with Crippen molar-refractivity contribution in [2.24, 2.45) is 0 Å². The highest BCUT2D eigenvalue weighted by molar-refractivity contribution is 9.10. The van der Waals surface area contributed by atoms with Crippen LogP contribution in [-0.2, 0) is 13.1 Å². The molecule has 0 spiro atoms. The van der Waals surface area contributed by atoms with E-state index in [2.05, 4.69) is 45.2 Å². The van der Waals surface area contributed by atoms with Gasteiger partial charge in [0.2, 0.25) is 0 Å². The lowest BCUT2D eigenvalue weighted by atomic mass is 10.2. The van der Waals surface area contributed by atoms with E-state index in [9.17, 15) is 4.39 Å². The zero-order valence-electron chi connectivity index (χ0n) is 10.9. The van der Waals surface area contributed by atoms with Gasteiger partial charge in [0.05, 0.1) is 13.1 Å². The third kappa shape index (κ3) is 4.11. The fourth-order valence-electron chi connectivity index (χ4n) is 1.61. The molecule has 0 radical (unpaired) electrons. The molecule has 0 saturated heterocycles. The van der Waals surface area contributed by atoms with Gasteiger partial charge in [-0.1, -0.05) is 35.8 Å². The lowest BCUT2D eigenvalue weighted by molar-refractivity contribution is 0.558. The van der Waals surface area contributed by atoms with E-state index in [1.807, 2.05) is 6.07 Å². The highest BCUT2D eigenvalue weighted by Crippen LogP contribution is 2.15. The van der Waals surface area contributed by atoms with Crippen LogP contribution in [0.5, 0.6) is 0 Å². The summed E-state index contributed by atoms with van der Waals surface area (Å²) in [5.41, 5.74) is 0.594. The molecule has 0 bridgehead atoms. The first-order valence-electron chi connectivity index (χ1n) is 6.10. The summed E-state index contributed by atoms with van der Waals surface area (Å²) in [5, 5.41) is 7.54. The van der Waals surface area contributed by atoms with E-state index in [1.165, 1.54) is 6.07 Å². The normalized spacial score (nSPS) is 11.2. The minimum absolute atomic E-state index is 0.244. The molecule has 0 saturated carbocycles. The molecule has 4 nitrogen and oxygen atoms in total. The molecule has 6 heteroatoms. The molecule has 102 valence electrons. The summed E-state index contributed by atoms with van der Waals surface area (Å²) in [6.45, 7) is 5.13. The Morgan fingerprint density at radius 1 is 1.42 bits per heavy atom. The monoisotopic (exact) mass is 326 g/mol. The number of nitrogens with zero attached hydrogens (tertiary/aromatic N) is 3. The van der Waals surface area contributed by atoms with Gasteiger partial charge in [-0.15, -0.1) is 0 Å². The standard InChI is InChI=1S/C13H16BrFN4/c1-9(2)16-6-13-17-8-19(18-13)7-10-3-4-11(14)5-12(10)15/h3-5,8-9,16H,6-7H2,1-2H3. The molecule has 0 aliphatic carbocycles. The summed E-state index contributed by atoms with van der Waals surface area (Å²) in [6.07, 6.45) is 1.62. The van der Waals surface area contributed by atoms with E-state index in [1.54, 1.807) is 17.1 Å². The minimum Gasteiger partial charge on any atom is -0.308 e. The Balaban J connectivity index is 2.03. The lowest BCUT2D eigenvalue weighted by Gasteiger charge is -2.05. The zero-order chi connectivity index (χ0) is 13.8. The second-order valence-corrected chi connectivity index (χ2v) is 5.55. The van der Waals surface area contributed by atoms with Crippen LogP contribution in [0.4, 0.5) is 4.39 Å². The first-order chi connectivity index (χ1) is 9.04. The smallest absolute Gasteiger partial charge is 0.164 e. The summed E-state index contributed by atoms with van der Waals surface area (Å²) < 4.78 is 16.1. The molecule has 0 atom stereocenters. The van der Waals surface area contributed by atoms with E-state index < -0.39 is 0 Å². The fraction of sp³-hybridized carbons (Fsp3) is 0.385. The highest BCUT2D eigenvalue weighted by Gasteiger charge is 2.06. The maximum atomic E-state index is 13.7. The van der Waals surface area contributed by atoms with Gasteiger partial charge in [0.1, 0.15) is 12.1 Å². The molecule has 0 aliphatic rings. The Morgan fingerprint density at radius 2 is 2.21 bits per heavy atom. The second kappa shape index (κ2) is 6.25. The van der Waals surface area contributed by atoms with Crippen LogP contribution in [0.15, 0.2) is 29.0 Å². The van der Waals surface area contributed by atoms with Crippen LogP contribution < -0.4 is 5.32 Å². The minimum atomic E-state index is -0.244. The molecule has 0 amide bonds. The third-order valence-electron chi connectivity index (χ3n) is 2.60. The Hall–Kier alpha value is -1.27. The first kappa shape index (κ1) is 14.1. The maximum Gasteiger partial charge on any atom is 0.164 e. The van der Waals surface area contributed by atoms with E-state index in [0.717, 1.165) is 4.47 Å². The summed E-state index contributed by atoms with van der Waals surface area (Å²) in [6, 6.07) is 5.40. The molecular formula is C13H16BrFN4. The molecule has 19 heavy (non-hydrogen) atoms. The van der Waals surface area contributed by atoms with Crippen LogP contribution in [0.3, 0.4) is 0 Å². The Labute approximate surface area is 120 Å². The van der Waals surface area contributed by atoms with E-state index in [0.29, 0.717) is 30.5 Å². The molecule has 1 heterocycles. The number of benzene rings is 1. The van der Waals surface area contributed by atoms with Crippen LogP contribution >= 0.6 is 15.9 Å². The number of hydrogen-bond acceptors (Lipinski definition) is 3. The molecule has 2 rings (SSSR count). The number of halogens is 2. The quantitative estimate of drug-likeness (QED) is 0.918. The average Bonchev–Trinajstić information content (AvgIpc) is 2.78. The van der Waals surface area contributed by atoms with Gasteiger partial charge in [0.25, 0.3) is 0 Å². The van der Waals surface area contributed by atoms with E-state index in [4.69, 9.17) is 0 Å². The van der Waals surface area contributed by atoms with Gasteiger partial charge in [-0.2, -0.15) is 5.10 Å². The highest BCUT2D eigenvalue weighted by atomic mass is 79.9. The Kier molecular flexibility index (Phi) is 4.66. The Morgan fingerprint density at radius 3 is 2.89 bits per heavy atom.